The number of hydrogen-bond donors (Lipinski definition) is 1. The maximum Gasteiger partial charge on any atom is 0.0638 e. The van der Waals surface area contributed by atoms with Gasteiger partial charge in [0.25, 0.3) is 0 Å². The van der Waals surface area contributed by atoms with E-state index in [0.717, 1.165) is 18.8 Å². The molecule has 0 aliphatic carbocycles. The lowest BCUT2D eigenvalue weighted by molar-refractivity contribution is 0.158. The quantitative estimate of drug-likeness (QED) is 0.788. The highest BCUT2D eigenvalue weighted by atomic mass is 35.5. The van der Waals surface area contributed by atoms with E-state index in [0.29, 0.717) is 16.7 Å². The molecule has 0 saturated heterocycles. The maximum atomic E-state index is 5.83. The zero-order valence-electron chi connectivity index (χ0n) is 8.02. The van der Waals surface area contributed by atoms with Crippen LogP contribution in [0.15, 0.2) is 18.2 Å². The van der Waals surface area contributed by atoms with Gasteiger partial charge in [-0.05, 0) is 25.1 Å². The van der Waals surface area contributed by atoms with E-state index in [2.05, 4.69) is 5.32 Å². The smallest absolute Gasteiger partial charge is 0.0638 e. The third kappa shape index (κ3) is 4.18. The predicted octanol–water partition coefficient (Wildman–Crippen LogP) is 3.44. The number of anilines is 1. The summed E-state index contributed by atoms with van der Waals surface area (Å²) in [6.07, 6.45) is 0. The van der Waals surface area contributed by atoms with Crippen LogP contribution >= 0.6 is 23.2 Å². The molecule has 4 heteroatoms. The van der Waals surface area contributed by atoms with Crippen LogP contribution in [0.2, 0.25) is 10.0 Å². The Morgan fingerprint density at radius 2 is 1.86 bits per heavy atom. The van der Waals surface area contributed by atoms with Gasteiger partial charge in [-0.3, -0.25) is 0 Å². The van der Waals surface area contributed by atoms with E-state index < -0.39 is 0 Å². The Labute approximate surface area is 94.2 Å². The average molecular weight is 234 g/mol. The van der Waals surface area contributed by atoms with Crippen molar-refractivity contribution in [3.05, 3.63) is 28.2 Å². The number of nitrogens with one attached hydrogen (secondary N) is 1. The third-order valence-electron chi connectivity index (χ3n) is 1.64. The topological polar surface area (TPSA) is 21.3 Å². The molecule has 0 spiro atoms. The Bertz CT molecular complexity index is 271. The van der Waals surface area contributed by atoms with E-state index in [1.165, 1.54) is 0 Å². The maximum absolute atomic E-state index is 5.83. The molecule has 0 aliphatic rings. The first kappa shape index (κ1) is 11.6. The Kier molecular flexibility index (Phi) is 5.09. The highest BCUT2D eigenvalue weighted by Crippen LogP contribution is 2.22. The summed E-state index contributed by atoms with van der Waals surface area (Å²) < 4.78 is 5.19. The van der Waals surface area contributed by atoms with Crippen molar-refractivity contribution >= 4 is 28.9 Å². The lowest BCUT2D eigenvalue weighted by atomic mass is 10.3. The molecule has 1 N–H and O–H groups in total. The van der Waals surface area contributed by atoms with E-state index in [4.69, 9.17) is 27.9 Å². The van der Waals surface area contributed by atoms with Gasteiger partial charge in [0.2, 0.25) is 0 Å². The standard InChI is InChI=1S/C10H13Cl2NO/c1-2-14-4-3-13-10-6-8(11)5-9(12)7-10/h5-7,13H,2-4H2,1H3. The number of benzene rings is 1. The molecule has 0 unspecified atom stereocenters. The van der Waals surface area contributed by atoms with Gasteiger partial charge in [-0.1, -0.05) is 23.2 Å². The highest BCUT2D eigenvalue weighted by Gasteiger charge is 1.96. The van der Waals surface area contributed by atoms with Crippen molar-refractivity contribution in [2.75, 3.05) is 25.1 Å². The second-order valence-electron chi connectivity index (χ2n) is 2.78. The molecule has 0 atom stereocenters. The SMILES string of the molecule is CCOCCNc1cc(Cl)cc(Cl)c1. The van der Waals surface area contributed by atoms with Crippen LogP contribution in [-0.4, -0.2) is 19.8 Å². The number of rotatable bonds is 5. The van der Waals surface area contributed by atoms with Gasteiger partial charge in [0, 0.05) is 28.9 Å². The molecule has 0 aliphatic heterocycles. The summed E-state index contributed by atoms with van der Waals surface area (Å²) in [5.74, 6) is 0. The van der Waals surface area contributed by atoms with E-state index in [9.17, 15) is 0 Å². The first-order chi connectivity index (χ1) is 6.72. The second-order valence-corrected chi connectivity index (χ2v) is 3.65. The third-order valence-corrected chi connectivity index (χ3v) is 2.08. The minimum atomic E-state index is 0.636. The van der Waals surface area contributed by atoms with Crippen LogP contribution in [0.5, 0.6) is 0 Å². The van der Waals surface area contributed by atoms with Gasteiger partial charge in [0.15, 0.2) is 0 Å². The summed E-state index contributed by atoms with van der Waals surface area (Å²) in [6.45, 7) is 4.14. The highest BCUT2D eigenvalue weighted by molar-refractivity contribution is 6.35. The average Bonchev–Trinajstić information content (AvgIpc) is 2.11. The molecule has 2 nitrogen and oxygen atoms in total. The monoisotopic (exact) mass is 233 g/mol. The predicted molar refractivity (Wildman–Crippen MR) is 61.4 cm³/mol. The Hall–Kier alpha value is -0.440. The molecule has 1 aromatic carbocycles. The molecule has 0 saturated carbocycles. The second kappa shape index (κ2) is 6.12. The Morgan fingerprint density at radius 3 is 2.43 bits per heavy atom. The van der Waals surface area contributed by atoms with Crippen molar-refractivity contribution in [2.24, 2.45) is 0 Å². The Morgan fingerprint density at radius 1 is 1.21 bits per heavy atom. The number of ether oxygens (including phenoxy) is 1. The number of hydrogen-bond acceptors (Lipinski definition) is 2. The molecule has 14 heavy (non-hydrogen) atoms. The minimum absolute atomic E-state index is 0.636. The first-order valence-corrected chi connectivity index (χ1v) is 5.25. The summed E-state index contributed by atoms with van der Waals surface area (Å²) in [6, 6.07) is 5.37. The van der Waals surface area contributed by atoms with Gasteiger partial charge in [0.05, 0.1) is 6.61 Å². The summed E-state index contributed by atoms with van der Waals surface area (Å²) in [5.41, 5.74) is 0.919. The van der Waals surface area contributed by atoms with Crippen molar-refractivity contribution in [3.63, 3.8) is 0 Å². The normalized spacial score (nSPS) is 10.2. The lowest BCUT2D eigenvalue weighted by Gasteiger charge is -2.07. The Balaban J connectivity index is 2.42. The molecule has 0 fully saturated rings. The van der Waals surface area contributed by atoms with Gasteiger partial charge in [-0.2, -0.15) is 0 Å². The van der Waals surface area contributed by atoms with Crippen LogP contribution in [0.1, 0.15) is 6.92 Å². The van der Waals surface area contributed by atoms with Crippen molar-refractivity contribution in [1.82, 2.24) is 0 Å². The molecule has 1 aromatic rings. The zero-order chi connectivity index (χ0) is 10.4. The van der Waals surface area contributed by atoms with Crippen LogP contribution in [-0.2, 0) is 4.74 Å². The molecule has 1 rings (SSSR count). The van der Waals surface area contributed by atoms with Gasteiger partial charge in [-0.15, -0.1) is 0 Å². The lowest BCUT2D eigenvalue weighted by Crippen LogP contribution is -2.08. The fourth-order valence-electron chi connectivity index (χ4n) is 1.07. The molecule has 0 aromatic heterocycles. The van der Waals surface area contributed by atoms with E-state index in [-0.39, 0.29) is 0 Å². The van der Waals surface area contributed by atoms with Crippen molar-refractivity contribution < 1.29 is 4.74 Å². The van der Waals surface area contributed by atoms with Gasteiger partial charge in [-0.25, -0.2) is 0 Å². The van der Waals surface area contributed by atoms with Crippen LogP contribution in [0, 0.1) is 0 Å². The summed E-state index contributed by atoms with van der Waals surface area (Å²) >= 11 is 11.7. The first-order valence-electron chi connectivity index (χ1n) is 4.50. The van der Waals surface area contributed by atoms with Gasteiger partial charge in [0.1, 0.15) is 0 Å². The van der Waals surface area contributed by atoms with Crippen LogP contribution in [0.25, 0.3) is 0 Å². The van der Waals surface area contributed by atoms with Crippen LogP contribution in [0.4, 0.5) is 5.69 Å². The summed E-state index contributed by atoms with van der Waals surface area (Å²) in [5, 5.41) is 4.44. The zero-order valence-corrected chi connectivity index (χ0v) is 9.53. The van der Waals surface area contributed by atoms with E-state index in [1.807, 2.05) is 19.1 Å². The van der Waals surface area contributed by atoms with Crippen LogP contribution < -0.4 is 5.32 Å². The molecule has 0 bridgehead atoms. The molecule has 0 radical (unpaired) electrons. The molecular formula is C10H13Cl2NO. The fourth-order valence-corrected chi connectivity index (χ4v) is 1.59. The largest absolute Gasteiger partial charge is 0.383 e. The molecular weight excluding hydrogens is 221 g/mol. The fraction of sp³-hybridized carbons (Fsp3) is 0.400. The van der Waals surface area contributed by atoms with Gasteiger partial charge >= 0.3 is 0 Å². The van der Waals surface area contributed by atoms with Crippen molar-refractivity contribution in [2.45, 2.75) is 6.92 Å². The molecule has 78 valence electrons. The molecule has 0 heterocycles. The summed E-state index contributed by atoms with van der Waals surface area (Å²) in [7, 11) is 0. The van der Waals surface area contributed by atoms with Gasteiger partial charge < -0.3 is 10.1 Å². The summed E-state index contributed by atoms with van der Waals surface area (Å²) in [4.78, 5) is 0. The van der Waals surface area contributed by atoms with E-state index >= 15 is 0 Å². The van der Waals surface area contributed by atoms with Crippen molar-refractivity contribution in [1.29, 1.82) is 0 Å². The minimum Gasteiger partial charge on any atom is -0.383 e. The van der Waals surface area contributed by atoms with Crippen molar-refractivity contribution in [3.8, 4) is 0 Å². The molecule has 0 amide bonds. The van der Waals surface area contributed by atoms with Crippen LogP contribution in [0.3, 0.4) is 0 Å². The van der Waals surface area contributed by atoms with E-state index in [1.54, 1.807) is 6.07 Å². The number of halogens is 2.